The zero-order valence-electron chi connectivity index (χ0n) is 12.5. The van der Waals surface area contributed by atoms with Gasteiger partial charge in [-0.2, -0.15) is 0 Å². The van der Waals surface area contributed by atoms with Crippen molar-refractivity contribution in [3.8, 4) is 5.69 Å². The molecule has 1 aliphatic heterocycles. The second-order valence-electron chi connectivity index (χ2n) is 5.56. The SMILES string of the molecule is CCN1CCN(c2ccc(-n3cnc(Br)c3)cc2)[C@H](C)C1. The Hall–Kier alpha value is -1.33. The number of piperazine rings is 1. The second kappa shape index (κ2) is 6.20. The molecule has 0 N–H and O–H groups in total. The van der Waals surface area contributed by atoms with Gasteiger partial charge in [-0.15, -0.1) is 0 Å². The summed E-state index contributed by atoms with van der Waals surface area (Å²) in [5, 5.41) is 0. The minimum Gasteiger partial charge on any atom is -0.366 e. The number of benzene rings is 1. The van der Waals surface area contributed by atoms with Crippen LogP contribution >= 0.6 is 15.9 Å². The summed E-state index contributed by atoms with van der Waals surface area (Å²) in [5.41, 5.74) is 2.44. The Morgan fingerprint density at radius 2 is 1.90 bits per heavy atom. The lowest BCUT2D eigenvalue weighted by molar-refractivity contribution is 0.240. The zero-order valence-corrected chi connectivity index (χ0v) is 14.1. The third kappa shape index (κ3) is 3.14. The van der Waals surface area contributed by atoms with Crippen molar-refractivity contribution in [2.24, 2.45) is 0 Å². The van der Waals surface area contributed by atoms with Gasteiger partial charge < -0.3 is 9.47 Å². The van der Waals surface area contributed by atoms with Crippen molar-refractivity contribution in [3.63, 3.8) is 0 Å². The molecule has 0 bridgehead atoms. The molecule has 0 amide bonds. The molecule has 1 saturated heterocycles. The Morgan fingerprint density at radius 3 is 2.48 bits per heavy atom. The molecular formula is C16H21BrN4. The summed E-state index contributed by atoms with van der Waals surface area (Å²) in [6.07, 6.45) is 3.79. The number of hydrogen-bond donors (Lipinski definition) is 0. The predicted octanol–water partition coefficient (Wildman–Crippen LogP) is 3.17. The molecule has 1 aromatic carbocycles. The van der Waals surface area contributed by atoms with E-state index >= 15 is 0 Å². The Bertz CT molecular complexity index is 593. The molecule has 1 aromatic heterocycles. The van der Waals surface area contributed by atoms with Gasteiger partial charge in [0.25, 0.3) is 0 Å². The number of rotatable bonds is 3. The second-order valence-corrected chi connectivity index (χ2v) is 6.37. The predicted molar refractivity (Wildman–Crippen MR) is 90.2 cm³/mol. The van der Waals surface area contributed by atoms with Crippen LogP contribution in [0.2, 0.25) is 0 Å². The van der Waals surface area contributed by atoms with Crippen LogP contribution in [0.15, 0.2) is 41.4 Å². The molecule has 0 spiro atoms. The number of likely N-dealkylation sites (N-methyl/N-ethyl adjacent to an activating group) is 1. The highest BCUT2D eigenvalue weighted by molar-refractivity contribution is 9.10. The van der Waals surface area contributed by atoms with Crippen molar-refractivity contribution in [1.29, 1.82) is 0 Å². The van der Waals surface area contributed by atoms with Crippen molar-refractivity contribution in [2.45, 2.75) is 19.9 Å². The highest BCUT2D eigenvalue weighted by Gasteiger charge is 2.22. The van der Waals surface area contributed by atoms with Gasteiger partial charge in [0.15, 0.2) is 0 Å². The number of imidazole rings is 1. The van der Waals surface area contributed by atoms with E-state index in [2.05, 4.69) is 68.8 Å². The molecule has 112 valence electrons. The van der Waals surface area contributed by atoms with Crippen LogP contribution in [0.1, 0.15) is 13.8 Å². The van der Waals surface area contributed by atoms with E-state index in [-0.39, 0.29) is 0 Å². The van der Waals surface area contributed by atoms with Gasteiger partial charge in [-0.1, -0.05) is 6.92 Å². The fraction of sp³-hybridized carbons (Fsp3) is 0.438. The van der Waals surface area contributed by atoms with Crippen LogP contribution in [0.4, 0.5) is 5.69 Å². The van der Waals surface area contributed by atoms with Gasteiger partial charge in [-0.05, 0) is 53.7 Å². The molecule has 0 radical (unpaired) electrons. The van der Waals surface area contributed by atoms with Crippen LogP contribution < -0.4 is 4.90 Å². The van der Waals surface area contributed by atoms with Crippen LogP contribution in [-0.4, -0.2) is 46.7 Å². The summed E-state index contributed by atoms with van der Waals surface area (Å²) >= 11 is 3.38. The first-order chi connectivity index (χ1) is 10.2. The molecule has 2 aromatic rings. The lowest BCUT2D eigenvalue weighted by atomic mass is 10.1. The largest absolute Gasteiger partial charge is 0.366 e. The standard InChI is InChI=1S/C16H21BrN4/c1-3-19-8-9-21(13(2)10-19)15-6-4-14(5-7-15)20-11-16(17)18-12-20/h4-7,11-13H,3,8-10H2,1-2H3/t13-/m1/s1. The van der Waals surface area contributed by atoms with Gasteiger partial charge in [0, 0.05) is 43.2 Å². The summed E-state index contributed by atoms with van der Waals surface area (Å²) in [6.45, 7) is 9.09. The molecule has 1 atom stereocenters. The van der Waals surface area contributed by atoms with E-state index in [0.29, 0.717) is 6.04 Å². The van der Waals surface area contributed by atoms with Crippen LogP contribution in [0.5, 0.6) is 0 Å². The van der Waals surface area contributed by atoms with Crippen LogP contribution in [0.25, 0.3) is 5.69 Å². The van der Waals surface area contributed by atoms with E-state index in [1.165, 1.54) is 5.69 Å². The van der Waals surface area contributed by atoms with Gasteiger partial charge in [-0.3, -0.25) is 4.90 Å². The smallest absolute Gasteiger partial charge is 0.124 e. The van der Waals surface area contributed by atoms with E-state index in [1.807, 2.05) is 17.1 Å². The average molecular weight is 349 g/mol. The fourth-order valence-electron chi connectivity index (χ4n) is 2.96. The van der Waals surface area contributed by atoms with Gasteiger partial charge in [-0.25, -0.2) is 4.98 Å². The first-order valence-electron chi connectivity index (χ1n) is 7.46. The zero-order chi connectivity index (χ0) is 14.8. The van der Waals surface area contributed by atoms with Gasteiger partial charge in [0.2, 0.25) is 0 Å². The molecule has 21 heavy (non-hydrogen) atoms. The van der Waals surface area contributed by atoms with E-state index in [4.69, 9.17) is 0 Å². The van der Waals surface area contributed by atoms with Crippen molar-refractivity contribution < 1.29 is 0 Å². The van der Waals surface area contributed by atoms with Crippen molar-refractivity contribution >= 4 is 21.6 Å². The summed E-state index contributed by atoms with van der Waals surface area (Å²) in [4.78, 5) is 9.21. The molecule has 1 fully saturated rings. The Morgan fingerprint density at radius 1 is 1.19 bits per heavy atom. The van der Waals surface area contributed by atoms with Crippen LogP contribution in [-0.2, 0) is 0 Å². The molecule has 0 aliphatic carbocycles. The number of halogens is 1. The van der Waals surface area contributed by atoms with E-state index in [1.54, 1.807) is 0 Å². The highest BCUT2D eigenvalue weighted by atomic mass is 79.9. The van der Waals surface area contributed by atoms with E-state index in [0.717, 1.165) is 36.5 Å². The van der Waals surface area contributed by atoms with Crippen LogP contribution in [0.3, 0.4) is 0 Å². The van der Waals surface area contributed by atoms with Crippen LogP contribution in [0, 0.1) is 0 Å². The quantitative estimate of drug-likeness (QED) is 0.851. The Kier molecular flexibility index (Phi) is 4.31. The summed E-state index contributed by atoms with van der Waals surface area (Å²) < 4.78 is 2.88. The minimum absolute atomic E-state index is 0.562. The fourth-order valence-corrected chi connectivity index (χ4v) is 3.27. The first-order valence-corrected chi connectivity index (χ1v) is 8.25. The van der Waals surface area contributed by atoms with E-state index in [9.17, 15) is 0 Å². The maximum Gasteiger partial charge on any atom is 0.124 e. The molecule has 3 rings (SSSR count). The van der Waals surface area contributed by atoms with Crippen molar-refractivity contribution in [2.75, 3.05) is 31.1 Å². The summed E-state index contributed by atoms with van der Waals surface area (Å²) in [5.74, 6) is 0. The summed E-state index contributed by atoms with van der Waals surface area (Å²) in [6, 6.07) is 9.29. The lowest BCUT2D eigenvalue weighted by Crippen LogP contribution is -2.51. The third-order valence-electron chi connectivity index (χ3n) is 4.19. The Balaban J connectivity index is 1.75. The summed E-state index contributed by atoms with van der Waals surface area (Å²) in [7, 11) is 0. The third-order valence-corrected chi connectivity index (χ3v) is 4.60. The molecule has 0 unspecified atom stereocenters. The Labute approximate surface area is 134 Å². The monoisotopic (exact) mass is 348 g/mol. The normalized spacial score (nSPS) is 20.0. The van der Waals surface area contributed by atoms with Gasteiger partial charge >= 0.3 is 0 Å². The molecule has 1 aliphatic rings. The van der Waals surface area contributed by atoms with E-state index < -0.39 is 0 Å². The maximum atomic E-state index is 4.20. The number of nitrogens with zero attached hydrogens (tertiary/aromatic N) is 4. The molecule has 4 nitrogen and oxygen atoms in total. The highest BCUT2D eigenvalue weighted by Crippen LogP contribution is 2.22. The first kappa shape index (κ1) is 14.6. The van der Waals surface area contributed by atoms with Gasteiger partial charge in [0.05, 0.1) is 0 Å². The number of hydrogen-bond acceptors (Lipinski definition) is 3. The molecule has 2 heterocycles. The number of anilines is 1. The molecule has 5 heteroatoms. The number of aromatic nitrogens is 2. The average Bonchev–Trinajstić information content (AvgIpc) is 2.94. The maximum absolute atomic E-state index is 4.20. The minimum atomic E-state index is 0.562. The van der Waals surface area contributed by atoms with Crippen molar-refractivity contribution in [1.82, 2.24) is 14.5 Å². The molecule has 0 saturated carbocycles. The van der Waals surface area contributed by atoms with Crippen molar-refractivity contribution in [3.05, 3.63) is 41.4 Å². The topological polar surface area (TPSA) is 24.3 Å². The lowest BCUT2D eigenvalue weighted by Gasteiger charge is -2.41. The van der Waals surface area contributed by atoms with Gasteiger partial charge in [0.1, 0.15) is 10.9 Å². The molecular weight excluding hydrogens is 328 g/mol.